The van der Waals surface area contributed by atoms with Crippen molar-refractivity contribution in [2.45, 2.75) is 11.2 Å². The Labute approximate surface area is 131 Å². The molecule has 15 heavy (non-hydrogen) atoms. The van der Waals surface area contributed by atoms with Gasteiger partial charge in [-0.1, -0.05) is 11.9 Å². The Morgan fingerprint density at radius 2 is 2.07 bits per heavy atom. The van der Waals surface area contributed by atoms with Crippen LogP contribution in [0.25, 0.3) is 0 Å². The van der Waals surface area contributed by atoms with Crippen molar-refractivity contribution in [3.63, 3.8) is 0 Å². The summed E-state index contributed by atoms with van der Waals surface area (Å²) in [5.74, 6) is 0. The van der Waals surface area contributed by atoms with E-state index in [1.807, 2.05) is 0 Å². The molecule has 0 saturated heterocycles. The first-order chi connectivity index (χ1) is 6.40. The molecule has 0 saturated carbocycles. The van der Waals surface area contributed by atoms with E-state index in [1.165, 1.54) is 24.7 Å². The normalized spacial score (nSPS) is 13.1. The van der Waals surface area contributed by atoms with Crippen LogP contribution >= 0.6 is 0 Å². The van der Waals surface area contributed by atoms with Crippen molar-refractivity contribution in [1.82, 2.24) is 4.98 Å². The Hall–Kier alpha value is 0.791. The first-order valence-electron chi connectivity index (χ1n) is 3.87. The number of nitrogens with zero attached hydrogens (tertiary/aromatic N) is 1. The summed E-state index contributed by atoms with van der Waals surface area (Å²) < 4.78 is 47.4. The van der Waals surface area contributed by atoms with Crippen LogP contribution in [-0.4, -0.2) is 22.4 Å². The van der Waals surface area contributed by atoms with Crippen LogP contribution in [0, 0.1) is 0 Å². The fraction of sp³-hybridized carbons (Fsp3) is 0.286. The average Bonchev–Trinajstić information content (AvgIpc) is 2.01. The summed E-state index contributed by atoms with van der Waals surface area (Å²) >= 11 is 0. The zero-order valence-corrected chi connectivity index (χ0v) is 12.4. The van der Waals surface area contributed by atoms with Gasteiger partial charge in [-0.2, -0.15) is 0 Å². The van der Waals surface area contributed by atoms with Crippen LogP contribution in [-0.2, 0) is 17.1 Å². The van der Waals surface area contributed by atoms with Gasteiger partial charge in [0, 0.05) is 18.6 Å². The summed E-state index contributed by atoms with van der Waals surface area (Å²) in [4.78, 5) is 3.80. The molecular formula is C7H8BF3KNOS. The summed E-state index contributed by atoms with van der Waals surface area (Å²) in [7, 11) is -1.43. The number of rotatable bonds is 3. The van der Waals surface area contributed by atoms with Crippen LogP contribution in [0.15, 0.2) is 23.4 Å². The van der Waals surface area contributed by atoms with Crippen molar-refractivity contribution in [1.29, 1.82) is 0 Å². The quantitative estimate of drug-likeness (QED) is 0.637. The predicted molar refractivity (Wildman–Crippen MR) is 49.4 cm³/mol. The van der Waals surface area contributed by atoms with Crippen LogP contribution in [0.3, 0.4) is 0 Å². The Morgan fingerprint density at radius 1 is 1.47 bits per heavy atom. The van der Waals surface area contributed by atoms with E-state index in [0.29, 0.717) is 0 Å². The van der Waals surface area contributed by atoms with E-state index in [9.17, 15) is 17.2 Å². The summed E-state index contributed by atoms with van der Waals surface area (Å²) in [5.41, 5.74) is 0.0494. The Morgan fingerprint density at radius 3 is 2.53 bits per heavy atom. The topological polar surface area (TPSA) is 30.0 Å². The van der Waals surface area contributed by atoms with Gasteiger partial charge in [0.05, 0.1) is 15.7 Å². The maximum atomic E-state index is 12.1. The Balaban J connectivity index is 0.00000196. The zero-order valence-electron chi connectivity index (χ0n) is 8.41. The minimum atomic E-state index is -4.89. The fourth-order valence-electron chi connectivity index (χ4n) is 1.09. The number of hydrogen-bond donors (Lipinski definition) is 0. The second kappa shape index (κ2) is 6.51. The minimum absolute atomic E-state index is 0. The molecule has 0 radical (unpaired) electrons. The van der Waals surface area contributed by atoms with Gasteiger partial charge in [-0.3, -0.25) is 9.19 Å². The third-order valence-corrected chi connectivity index (χ3v) is 2.62. The van der Waals surface area contributed by atoms with Crippen molar-refractivity contribution in [2.75, 3.05) is 6.26 Å². The van der Waals surface area contributed by atoms with Crippen LogP contribution in [0.2, 0.25) is 0 Å². The van der Waals surface area contributed by atoms with Crippen molar-refractivity contribution >= 4 is 17.8 Å². The molecule has 0 N–H and O–H groups in total. The molecule has 0 fully saturated rings. The summed E-state index contributed by atoms with van der Waals surface area (Å²) in [5, 5.41) is 0. The van der Waals surface area contributed by atoms with Crippen LogP contribution in [0.5, 0.6) is 0 Å². The van der Waals surface area contributed by atoms with Gasteiger partial charge >= 0.3 is 58.4 Å². The van der Waals surface area contributed by atoms with E-state index in [0.717, 1.165) is 0 Å². The number of pyridine rings is 1. The zero-order chi connectivity index (χ0) is 10.8. The molecule has 0 aliphatic heterocycles. The monoisotopic (exact) mass is 261 g/mol. The van der Waals surface area contributed by atoms with E-state index in [1.54, 1.807) is 0 Å². The van der Waals surface area contributed by atoms with Crippen molar-refractivity contribution in [3.05, 3.63) is 24.0 Å². The molecule has 0 aromatic carbocycles. The standard InChI is InChI=1S/C7H8BF3NOS.K/c1-14(13)7-5-12-3-2-6(7)4-8(9,10)11;/h2-3,5H,4H2,1H3;/q-1;+1. The van der Waals surface area contributed by atoms with Gasteiger partial charge in [0.1, 0.15) is 0 Å². The molecular weight excluding hydrogens is 253 g/mol. The molecule has 1 aromatic rings. The molecule has 0 bridgehead atoms. The van der Waals surface area contributed by atoms with Crippen molar-refractivity contribution in [2.24, 2.45) is 0 Å². The molecule has 78 valence electrons. The number of aromatic nitrogens is 1. The number of halogens is 3. The van der Waals surface area contributed by atoms with Gasteiger partial charge in [0.15, 0.2) is 0 Å². The molecule has 0 aliphatic rings. The van der Waals surface area contributed by atoms with Crippen LogP contribution in [0.1, 0.15) is 5.56 Å². The molecule has 1 aromatic heterocycles. The van der Waals surface area contributed by atoms with Gasteiger partial charge < -0.3 is 12.9 Å². The molecule has 0 amide bonds. The van der Waals surface area contributed by atoms with Gasteiger partial charge in [0.2, 0.25) is 0 Å². The van der Waals surface area contributed by atoms with Crippen LogP contribution < -0.4 is 51.4 Å². The van der Waals surface area contributed by atoms with E-state index >= 15 is 0 Å². The van der Waals surface area contributed by atoms with Crippen molar-refractivity contribution in [3.8, 4) is 0 Å². The average molecular weight is 261 g/mol. The molecule has 0 aliphatic carbocycles. The Bertz CT molecular complexity index is 360. The van der Waals surface area contributed by atoms with Gasteiger partial charge in [-0.05, 0) is 6.07 Å². The largest absolute Gasteiger partial charge is 1.00 e. The van der Waals surface area contributed by atoms with E-state index in [4.69, 9.17) is 0 Å². The van der Waals surface area contributed by atoms with Crippen molar-refractivity contribution < 1.29 is 68.5 Å². The third-order valence-electron chi connectivity index (χ3n) is 1.63. The van der Waals surface area contributed by atoms with Gasteiger partial charge in [0.25, 0.3) is 0 Å². The molecule has 8 heteroatoms. The summed E-state index contributed by atoms with van der Waals surface area (Å²) in [6.07, 6.45) is 2.82. The molecule has 2 nitrogen and oxygen atoms in total. The number of hydrogen-bond acceptors (Lipinski definition) is 2. The van der Waals surface area contributed by atoms with E-state index in [-0.39, 0.29) is 61.8 Å². The summed E-state index contributed by atoms with van der Waals surface area (Å²) in [6.45, 7) is -4.89. The minimum Gasteiger partial charge on any atom is -0.449 e. The summed E-state index contributed by atoms with van der Waals surface area (Å²) in [6, 6.07) is 1.26. The first kappa shape index (κ1) is 15.8. The molecule has 0 spiro atoms. The SMILES string of the molecule is CS(=O)c1cnccc1C[B-](F)(F)F.[K+]. The second-order valence-electron chi connectivity index (χ2n) is 2.85. The molecule has 1 rings (SSSR count). The van der Waals surface area contributed by atoms with Gasteiger partial charge in [-0.25, -0.2) is 0 Å². The van der Waals surface area contributed by atoms with E-state index < -0.39 is 24.1 Å². The van der Waals surface area contributed by atoms with E-state index in [2.05, 4.69) is 4.98 Å². The van der Waals surface area contributed by atoms with Gasteiger partial charge in [-0.15, -0.1) is 0 Å². The predicted octanol–water partition coefficient (Wildman–Crippen LogP) is -1.25. The smallest absolute Gasteiger partial charge is 0.449 e. The second-order valence-corrected chi connectivity index (χ2v) is 4.20. The molecule has 1 atom stereocenters. The maximum Gasteiger partial charge on any atom is 1.00 e. The molecule has 1 unspecified atom stereocenters. The third kappa shape index (κ3) is 5.60. The Kier molecular flexibility index (Phi) is 6.85. The molecule has 1 heterocycles. The first-order valence-corrected chi connectivity index (χ1v) is 5.43. The maximum absolute atomic E-state index is 12.1. The van der Waals surface area contributed by atoms with Crippen LogP contribution in [0.4, 0.5) is 12.9 Å². The fourth-order valence-corrected chi connectivity index (χ4v) is 1.82.